The van der Waals surface area contributed by atoms with Crippen LogP contribution in [0.15, 0.2) is 52.6 Å². The van der Waals surface area contributed by atoms with E-state index in [1.54, 1.807) is 6.08 Å². The van der Waals surface area contributed by atoms with E-state index in [2.05, 4.69) is 38.4 Å². The van der Waals surface area contributed by atoms with E-state index < -0.39 is 5.91 Å². The van der Waals surface area contributed by atoms with Crippen molar-refractivity contribution in [2.45, 2.75) is 19.8 Å². The molecule has 0 fully saturated rings. The van der Waals surface area contributed by atoms with E-state index in [9.17, 15) is 10.1 Å². The van der Waals surface area contributed by atoms with Gasteiger partial charge < -0.3 is 4.57 Å². The zero-order valence-electron chi connectivity index (χ0n) is 14.5. The second-order valence-electron chi connectivity index (χ2n) is 5.65. The molecule has 2 heterocycles. The number of hydrogen-bond donors (Lipinski definition) is 1. The Morgan fingerprint density at radius 2 is 2.11 bits per heavy atom. The molecule has 0 aliphatic rings. The number of benzene rings is 1. The van der Waals surface area contributed by atoms with E-state index in [1.165, 1.54) is 11.3 Å². The van der Waals surface area contributed by atoms with Crippen LogP contribution in [0.1, 0.15) is 24.0 Å². The van der Waals surface area contributed by atoms with Crippen LogP contribution < -0.4 is 5.32 Å². The van der Waals surface area contributed by atoms with Crippen LogP contribution in [0, 0.1) is 11.3 Å². The first kappa shape index (κ1) is 19.0. The minimum Gasteiger partial charge on any atom is -0.317 e. The van der Waals surface area contributed by atoms with Gasteiger partial charge in [0.1, 0.15) is 16.6 Å². The van der Waals surface area contributed by atoms with Gasteiger partial charge in [0.2, 0.25) is 5.13 Å². The molecule has 0 spiro atoms. The molecule has 3 aromatic rings. The van der Waals surface area contributed by atoms with E-state index in [0.717, 1.165) is 33.7 Å². The number of nitrogens with one attached hydrogen (secondary N) is 1. The molecule has 2 aromatic heterocycles. The Morgan fingerprint density at radius 1 is 1.33 bits per heavy atom. The first-order valence-electron chi connectivity index (χ1n) is 8.29. The summed E-state index contributed by atoms with van der Waals surface area (Å²) in [5.41, 5.74) is 1.66. The molecule has 136 valence electrons. The molecule has 8 heteroatoms. The average molecular weight is 442 g/mol. The van der Waals surface area contributed by atoms with E-state index in [0.29, 0.717) is 5.13 Å². The fourth-order valence-electron chi connectivity index (χ4n) is 2.43. The van der Waals surface area contributed by atoms with Gasteiger partial charge in [0.15, 0.2) is 0 Å². The molecule has 27 heavy (non-hydrogen) atoms. The highest BCUT2D eigenvalue weighted by molar-refractivity contribution is 9.10. The van der Waals surface area contributed by atoms with Gasteiger partial charge in [-0.1, -0.05) is 34.2 Å². The van der Waals surface area contributed by atoms with Crippen molar-refractivity contribution in [3.63, 3.8) is 0 Å². The number of aromatic nitrogens is 3. The summed E-state index contributed by atoms with van der Waals surface area (Å²) in [4.78, 5) is 12.5. The molecule has 0 atom stereocenters. The predicted molar refractivity (Wildman–Crippen MR) is 110 cm³/mol. The second-order valence-corrected chi connectivity index (χ2v) is 7.63. The highest BCUT2D eigenvalue weighted by atomic mass is 79.9. The number of aryl methyl sites for hydroxylation is 1. The van der Waals surface area contributed by atoms with Crippen LogP contribution in [0.4, 0.5) is 5.13 Å². The molecule has 0 saturated heterocycles. The largest absolute Gasteiger partial charge is 0.317 e. The van der Waals surface area contributed by atoms with Crippen LogP contribution in [0.25, 0.3) is 11.8 Å². The maximum Gasteiger partial charge on any atom is 0.268 e. The Labute approximate surface area is 169 Å². The van der Waals surface area contributed by atoms with Crippen LogP contribution in [-0.4, -0.2) is 20.7 Å². The number of amides is 1. The summed E-state index contributed by atoms with van der Waals surface area (Å²) in [6.07, 6.45) is 5.21. The molecule has 6 nitrogen and oxygen atoms in total. The zero-order chi connectivity index (χ0) is 19.2. The smallest absolute Gasteiger partial charge is 0.268 e. The third-order valence-corrected chi connectivity index (χ3v) is 5.12. The third-order valence-electron chi connectivity index (χ3n) is 3.69. The van der Waals surface area contributed by atoms with Gasteiger partial charge in [-0.2, -0.15) is 5.26 Å². The van der Waals surface area contributed by atoms with Gasteiger partial charge in [0.25, 0.3) is 5.91 Å². The summed E-state index contributed by atoms with van der Waals surface area (Å²) < 4.78 is 2.88. The lowest BCUT2D eigenvalue weighted by molar-refractivity contribution is -0.112. The normalized spacial score (nSPS) is 11.2. The number of carbonyl (C=O) groups is 1. The second kappa shape index (κ2) is 8.75. The molecule has 0 aliphatic heterocycles. The summed E-state index contributed by atoms with van der Waals surface area (Å²) >= 11 is 4.74. The maximum absolute atomic E-state index is 12.5. The number of rotatable bonds is 6. The molecule has 0 unspecified atom stereocenters. The van der Waals surface area contributed by atoms with Crippen LogP contribution in [0.3, 0.4) is 0 Å². The molecule has 0 radical (unpaired) electrons. The van der Waals surface area contributed by atoms with Gasteiger partial charge in [-0.05, 0) is 48.9 Å². The monoisotopic (exact) mass is 441 g/mol. The lowest BCUT2D eigenvalue weighted by Crippen LogP contribution is -2.13. The summed E-state index contributed by atoms with van der Waals surface area (Å²) in [5, 5.41) is 21.3. The van der Waals surface area contributed by atoms with Gasteiger partial charge in [-0.15, -0.1) is 10.2 Å². The fourth-order valence-corrected chi connectivity index (χ4v) is 3.53. The number of anilines is 1. The molecule has 3 rings (SSSR count). The van der Waals surface area contributed by atoms with Crippen molar-refractivity contribution < 1.29 is 4.79 Å². The SMILES string of the molecule is CCCc1nnc(NC(=O)C(C#N)=Cc2cccn2-c2ccc(Br)cc2)s1. The standard InChI is InChI=1S/C19H16BrN5OS/c1-2-4-17-23-24-19(27-17)22-18(26)13(12-21)11-16-5-3-10-25(16)15-8-6-14(20)7-9-15/h3,5-11H,2,4H2,1H3,(H,22,24,26). The highest BCUT2D eigenvalue weighted by Gasteiger charge is 2.14. The molecule has 1 N–H and O–H groups in total. The van der Waals surface area contributed by atoms with Gasteiger partial charge >= 0.3 is 0 Å². The van der Waals surface area contributed by atoms with Gasteiger partial charge in [-0.3, -0.25) is 10.1 Å². The molecule has 1 aromatic carbocycles. The molecule has 1 amide bonds. The summed E-state index contributed by atoms with van der Waals surface area (Å²) in [5.74, 6) is -0.500. The number of nitriles is 1. The van der Waals surface area contributed by atoms with E-state index in [1.807, 2.05) is 53.2 Å². The number of nitrogens with zero attached hydrogens (tertiary/aromatic N) is 4. The predicted octanol–water partition coefficient (Wildman–Crippen LogP) is 4.59. The lowest BCUT2D eigenvalue weighted by atomic mass is 10.2. The van der Waals surface area contributed by atoms with Crippen LogP contribution in [0.5, 0.6) is 0 Å². The Morgan fingerprint density at radius 3 is 2.81 bits per heavy atom. The Hall–Kier alpha value is -2.76. The van der Waals surface area contributed by atoms with Crippen molar-refractivity contribution in [3.8, 4) is 11.8 Å². The molecule has 0 bridgehead atoms. The molecular formula is C19H16BrN5OS. The van der Waals surface area contributed by atoms with Crippen molar-refractivity contribution in [1.29, 1.82) is 5.26 Å². The molecule has 0 saturated carbocycles. The van der Waals surface area contributed by atoms with Gasteiger partial charge in [0, 0.05) is 28.5 Å². The van der Waals surface area contributed by atoms with E-state index in [4.69, 9.17) is 0 Å². The van der Waals surface area contributed by atoms with Gasteiger partial charge in [-0.25, -0.2) is 0 Å². The van der Waals surface area contributed by atoms with Crippen molar-refractivity contribution in [2.24, 2.45) is 0 Å². The highest BCUT2D eigenvalue weighted by Crippen LogP contribution is 2.20. The number of carbonyl (C=O) groups excluding carboxylic acids is 1. The van der Waals surface area contributed by atoms with E-state index in [-0.39, 0.29) is 5.57 Å². The maximum atomic E-state index is 12.5. The number of halogens is 1. The summed E-state index contributed by atoms with van der Waals surface area (Å²) in [6, 6.07) is 13.4. The van der Waals surface area contributed by atoms with Gasteiger partial charge in [0.05, 0.1) is 0 Å². The average Bonchev–Trinajstić information content (AvgIpc) is 3.30. The minimum atomic E-state index is -0.500. The summed E-state index contributed by atoms with van der Waals surface area (Å²) in [6.45, 7) is 2.05. The third kappa shape index (κ3) is 4.70. The van der Waals surface area contributed by atoms with Crippen molar-refractivity contribution >= 4 is 44.4 Å². The quantitative estimate of drug-likeness (QED) is 0.447. The van der Waals surface area contributed by atoms with E-state index >= 15 is 0 Å². The van der Waals surface area contributed by atoms with Crippen molar-refractivity contribution in [1.82, 2.24) is 14.8 Å². The van der Waals surface area contributed by atoms with Crippen molar-refractivity contribution in [3.05, 3.63) is 63.3 Å². The Bertz CT molecular complexity index is 1010. The van der Waals surface area contributed by atoms with Crippen LogP contribution >= 0.6 is 27.3 Å². The minimum absolute atomic E-state index is 0.000645. The van der Waals surface area contributed by atoms with Crippen molar-refractivity contribution in [2.75, 3.05) is 5.32 Å². The first-order valence-corrected chi connectivity index (χ1v) is 9.90. The first-order chi connectivity index (χ1) is 13.1. The Kier molecular flexibility index (Phi) is 6.16. The fraction of sp³-hybridized carbons (Fsp3) is 0.158. The lowest BCUT2D eigenvalue weighted by Gasteiger charge is -2.07. The van der Waals surface area contributed by atoms with Crippen LogP contribution in [-0.2, 0) is 11.2 Å². The zero-order valence-corrected chi connectivity index (χ0v) is 16.9. The molecular weight excluding hydrogens is 426 g/mol. The van der Waals surface area contributed by atoms with Crippen LogP contribution in [0.2, 0.25) is 0 Å². The number of hydrogen-bond acceptors (Lipinski definition) is 5. The Balaban J connectivity index is 1.82. The molecule has 0 aliphatic carbocycles. The topological polar surface area (TPSA) is 83.6 Å². The summed E-state index contributed by atoms with van der Waals surface area (Å²) in [7, 11) is 0.